The predicted octanol–water partition coefficient (Wildman–Crippen LogP) is 4.44. The Bertz CT molecular complexity index is 561. The van der Waals surface area contributed by atoms with E-state index in [1.807, 2.05) is 18.5 Å². The van der Waals surface area contributed by atoms with Crippen molar-refractivity contribution in [3.05, 3.63) is 65.5 Å². The molecule has 1 aliphatic rings. The maximum atomic E-state index is 4.31. The molecule has 1 heterocycles. The van der Waals surface area contributed by atoms with Gasteiger partial charge in [0.15, 0.2) is 0 Å². The SMILES string of the molecule is CCCNC(c1cccnc1)c1ccccc1C1CCC1. The van der Waals surface area contributed by atoms with Crippen LogP contribution < -0.4 is 5.32 Å². The summed E-state index contributed by atoms with van der Waals surface area (Å²) in [5.41, 5.74) is 4.22. The molecule has 1 aliphatic carbocycles. The number of rotatable bonds is 6. The number of benzene rings is 1. The second-order valence-electron chi connectivity index (χ2n) is 5.93. The Hall–Kier alpha value is -1.67. The first-order chi connectivity index (χ1) is 10.4. The lowest BCUT2D eigenvalue weighted by Crippen LogP contribution is -2.25. The van der Waals surface area contributed by atoms with Gasteiger partial charge in [-0.05, 0) is 54.5 Å². The lowest BCUT2D eigenvalue weighted by molar-refractivity contribution is 0.414. The van der Waals surface area contributed by atoms with Crippen LogP contribution in [0, 0.1) is 0 Å². The van der Waals surface area contributed by atoms with Crippen LogP contribution >= 0.6 is 0 Å². The molecule has 0 amide bonds. The topological polar surface area (TPSA) is 24.9 Å². The van der Waals surface area contributed by atoms with E-state index >= 15 is 0 Å². The third-order valence-electron chi connectivity index (χ3n) is 4.47. The number of nitrogens with zero attached hydrogens (tertiary/aromatic N) is 1. The molecule has 0 saturated heterocycles. The van der Waals surface area contributed by atoms with Crippen molar-refractivity contribution in [2.24, 2.45) is 0 Å². The normalized spacial score (nSPS) is 16.4. The Balaban J connectivity index is 1.96. The van der Waals surface area contributed by atoms with E-state index in [0.717, 1.165) is 18.9 Å². The molecule has 3 rings (SSSR count). The quantitative estimate of drug-likeness (QED) is 0.846. The molecular weight excluding hydrogens is 256 g/mol. The average Bonchev–Trinajstić information content (AvgIpc) is 2.48. The third-order valence-corrected chi connectivity index (χ3v) is 4.47. The third kappa shape index (κ3) is 3.16. The van der Waals surface area contributed by atoms with Gasteiger partial charge >= 0.3 is 0 Å². The molecule has 1 unspecified atom stereocenters. The van der Waals surface area contributed by atoms with Gasteiger partial charge in [-0.2, -0.15) is 0 Å². The highest BCUT2D eigenvalue weighted by Crippen LogP contribution is 2.40. The Labute approximate surface area is 127 Å². The van der Waals surface area contributed by atoms with Gasteiger partial charge in [-0.3, -0.25) is 4.98 Å². The van der Waals surface area contributed by atoms with Crippen molar-refractivity contribution in [1.29, 1.82) is 0 Å². The van der Waals surface area contributed by atoms with Crippen LogP contribution in [-0.4, -0.2) is 11.5 Å². The fourth-order valence-corrected chi connectivity index (χ4v) is 3.11. The first-order valence-electron chi connectivity index (χ1n) is 8.12. The second kappa shape index (κ2) is 6.86. The van der Waals surface area contributed by atoms with Crippen LogP contribution in [0.2, 0.25) is 0 Å². The first kappa shape index (κ1) is 14.3. The maximum Gasteiger partial charge on any atom is 0.0594 e. The van der Waals surface area contributed by atoms with Crippen LogP contribution in [-0.2, 0) is 0 Å². The largest absolute Gasteiger partial charge is 0.306 e. The van der Waals surface area contributed by atoms with Gasteiger partial charge in [-0.1, -0.05) is 43.7 Å². The highest BCUT2D eigenvalue weighted by Gasteiger charge is 2.25. The van der Waals surface area contributed by atoms with Gasteiger partial charge in [0.2, 0.25) is 0 Å². The summed E-state index contributed by atoms with van der Waals surface area (Å²) in [6.45, 7) is 3.24. The van der Waals surface area contributed by atoms with Crippen molar-refractivity contribution in [3.8, 4) is 0 Å². The summed E-state index contributed by atoms with van der Waals surface area (Å²) < 4.78 is 0. The zero-order valence-electron chi connectivity index (χ0n) is 12.8. The number of hydrogen-bond donors (Lipinski definition) is 1. The monoisotopic (exact) mass is 280 g/mol. The van der Waals surface area contributed by atoms with Crippen molar-refractivity contribution >= 4 is 0 Å². The first-order valence-corrected chi connectivity index (χ1v) is 8.12. The van der Waals surface area contributed by atoms with E-state index < -0.39 is 0 Å². The minimum Gasteiger partial charge on any atom is -0.306 e. The van der Waals surface area contributed by atoms with Crippen molar-refractivity contribution in [2.75, 3.05) is 6.54 Å². The zero-order valence-corrected chi connectivity index (χ0v) is 12.8. The Kier molecular flexibility index (Phi) is 4.66. The van der Waals surface area contributed by atoms with Gasteiger partial charge in [0.25, 0.3) is 0 Å². The van der Waals surface area contributed by atoms with Crippen LogP contribution in [0.3, 0.4) is 0 Å². The molecule has 0 radical (unpaired) electrons. The van der Waals surface area contributed by atoms with Crippen molar-refractivity contribution < 1.29 is 0 Å². The molecule has 2 aromatic rings. The van der Waals surface area contributed by atoms with Crippen molar-refractivity contribution in [2.45, 2.75) is 44.6 Å². The number of aromatic nitrogens is 1. The maximum absolute atomic E-state index is 4.31. The fourth-order valence-electron chi connectivity index (χ4n) is 3.11. The minimum atomic E-state index is 0.260. The van der Waals surface area contributed by atoms with Crippen molar-refractivity contribution in [3.63, 3.8) is 0 Å². The molecule has 0 aliphatic heterocycles. The summed E-state index contributed by atoms with van der Waals surface area (Å²) in [5.74, 6) is 0.754. The van der Waals surface area contributed by atoms with Gasteiger partial charge in [-0.25, -0.2) is 0 Å². The summed E-state index contributed by atoms with van der Waals surface area (Å²) in [4.78, 5) is 4.31. The molecule has 110 valence electrons. The second-order valence-corrected chi connectivity index (χ2v) is 5.93. The Morgan fingerprint density at radius 1 is 1.19 bits per heavy atom. The standard InChI is InChI=1S/C19H24N2/c1-2-12-21-19(16-9-6-13-20-14-16)18-11-4-3-10-17(18)15-7-5-8-15/h3-4,6,9-11,13-15,19,21H,2,5,7-8,12H2,1H3. The van der Waals surface area contributed by atoms with Gasteiger partial charge in [-0.15, -0.1) is 0 Å². The molecule has 1 fully saturated rings. The van der Waals surface area contributed by atoms with Crippen LogP contribution in [0.4, 0.5) is 0 Å². The van der Waals surface area contributed by atoms with Gasteiger partial charge in [0.1, 0.15) is 0 Å². The van der Waals surface area contributed by atoms with Crippen molar-refractivity contribution in [1.82, 2.24) is 10.3 Å². The molecular formula is C19H24N2. The van der Waals surface area contributed by atoms with Gasteiger partial charge in [0, 0.05) is 12.4 Å². The van der Waals surface area contributed by atoms with E-state index in [9.17, 15) is 0 Å². The highest BCUT2D eigenvalue weighted by atomic mass is 14.9. The summed E-state index contributed by atoms with van der Waals surface area (Å²) in [7, 11) is 0. The van der Waals surface area contributed by atoms with E-state index in [-0.39, 0.29) is 6.04 Å². The summed E-state index contributed by atoms with van der Waals surface area (Å²) >= 11 is 0. The van der Waals surface area contributed by atoms with Gasteiger partial charge in [0.05, 0.1) is 6.04 Å². The molecule has 2 nitrogen and oxygen atoms in total. The lowest BCUT2D eigenvalue weighted by atomic mass is 9.76. The van der Waals surface area contributed by atoms with E-state index in [2.05, 4.69) is 47.6 Å². The molecule has 2 heteroatoms. The molecule has 21 heavy (non-hydrogen) atoms. The van der Waals surface area contributed by atoms with E-state index in [1.54, 1.807) is 0 Å². The molecule has 0 spiro atoms. The number of nitrogens with one attached hydrogen (secondary N) is 1. The van der Waals surface area contributed by atoms with Crippen LogP contribution in [0.15, 0.2) is 48.8 Å². The Morgan fingerprint density at radius 3 is 2.71 bits per heavy atom. The molecule has 1 saturated carbocycles. The van der Waals surface area contributed by atoms with Crippen LogP contribution in [0.25, 0.3) is 0 Å². The molecule has 1 aromatic heterocycles. The zero-order chi connectivity index (χ0) is 14.5. The van der Waals surface area contributed by atoms with Crippen LogP contribution in [0.5, 0.6) is 0 Å². The fraction of sp³-hybridized carbons (Fsp3) is 0.421. The van der Waals surface area contributed by atoms with E-state index in [1.165, 1.54) is 36.0 Å². The van der Waals surface area contributed by atoms with E-state index in [0.29, 0.717) is 0 Å². The number of pyridine rings is 1. The predicted molar refractivity (Wildman–Crippen MR) is 87.4 cm³/mol. The summed E-state index contributed by atoms with van der Waals surface area (Å²) in [6, 6.07) is 13.4. The van der Waals surface area contributed by atoms with Crippen LogP contribution in [0.1, 0.15) is 61.3 Å². The molecule has 1 N–H and O–H groups in total. The average molecular weight is 280 g/mol. The minimum absolute atomic E-state index is 0.260. The highest BCUT2D eigenvalue weighted by molar-refractivity contribution is 5.39. The van der Waals surface area contributed by atoms with E-state index in [4.69, 9.17) is 0 Å². The Morgan fingerprint density at radius 2 is 2.05 bits per heavy atom. The summed E-state index contributed by atoms with van der Waals surface area (Å²) in [5, 5.41) is 3.71. The lowest BCUT2D eigenvalue weighted by Gasteiger charge is -2.31. The smallest absolute Gasteiger partial charge is 0.0594 e. The molecule has 1 aromatic carbocycles. The summed E-state index contributed by atoms with van der Waals surface area (Å²) in [6.07, 6.45) is 9.03. The molecule has 0 bridgehead atoms. The molecule has 1 atom stereocenters. The number of hydrogen-bond acceptors (Lipinski definition) is 2. The van der Waals surface area contributed by atoms with Gasteiger partial charge < -0.3 is 5.32 Å².